The fraction of sp³-hybridized carbons (Fsp3) is 0.160. The maximum Gasteiger partial charge on any atom is 0.416 e. The first kappa shape index (κ1) is 25.9. The SMILES string of the molecule is COc1ccc(C)cc1-n1nnnc1SCC(=O)N(N=Cc1ccccc1)c1cccc(C(F)(F)F)c1. The van der Waals surface area contributed by atoms with E-state index in [1.165, 1.54) is 30.1 Å². The number of aromatic nitrogens is 4. The van der Waals surface area contributed by atoms with Gasteiger partial charge in [-0.2, -0.15) is 23.0 Å². The van der Waals surface area contributed by atoms with E-state index < -0.39 is 17.6 Å². The van der Waals surface area contributed by atoms with Gasteiger partial charge in [-0.05, 0) is 58.8 Å². The number of rotatable bonds is 8. The number of tetrazole rings is 1. The van der Waals surface area contributed by atoms with Crippen LogP contribution in [0.1, 0.15) is 16.7 Å². The zero-order valence-electron chi connectivity index (χ0n) is 19.8. The second-order valence-electron chi connectivity index (χ2n) is 7.75. The van der Waals surface area contributed by atoms with Crippen molar-refractivity contribution < 1.29 is 22.7 Å². The molecule has 0 spiro atoms. The van der Waals surface area contributed by atoms with Crippen LogP contribution < -0.4 is 9.75 Å². The number of methoxy groups -OCH3 is 1. The lowest BCUT2D eigenvalue weighted by Gasteiger charge is -2.18. The predicted molar refractivity (Wildman–Crippen MR) is 134 cm³/mol. The highest BCUT2D eigenvalue weighted by Gasteiger charge is 2.31. The zero-order valence-corrected chi connectivity index (χ0v) is 20.6. The van der Waals surface area contributed by atoms with Crippen LogP contribution >= 0.6 is 11.8 Å². The Kier molecular flexibility index (Phi) is 7.87. The van der Waals surface area contributed by atoms with Crippen LogP contribution in [0.2, 0.25) is 0 Å². The molecular weight excluding hydrogens is 505 g/mol. The Hall–Kier alpha value is -4.19. The monoisotopic (exact) mass is 526 g/mol. The molecule has 1 heterocycles. The second kappa shape index (κ2) is 11.2. The van der Waals surface area contributed by atoms with Crippen molar-refractivity contribution in [2.75, 3.05) is 17.9 Å². The van der Waals surface area contributed by atoms with E-state index in [0.717, 1.165) is 34.5 Å². The fourth-order valence-corrected chi connectivity index (χ4v) is 4.05. The minimum Gasteiger partial charge on any atom is -0.494 e. The molecule has 0 aliphatic heterocycles. The average molecular weight is 527 g/mol. The summed E-state index contributed by atoms with van der Waals surface area (Å²) in [5, 5.41) is 17.2. The molecule has 0 aliphatic rings. The molecule has 0 atom stereocenters. The number of carbonyl (C=O) groups is 1. The molecule has 0 saturated heterocycles. The topological polar surface area (TPSA) is 85.5 Å². The summed E-state index contributed by atoms with van der Waals surface area (Å²) < 4.78 is 46.8. The third-order valence-corrected chi connectivity index (χ3v) is 6.01. The molecule has 0 aliphatic carbocycles. The molecule has 12 heteroatoms. The van der Waals surface area contributed by atoms with Crippen molar-refractivity contribution in [3.63, 3.8) is 0 Å². The quantitative estimate of drug-likeness (QED) is 0.179. The summed E-state index contributed by atoms with van der Waals surface area (Å²) in [5.74, 6) is -0.233. The summed E-state index contributed by atoms with van der Waals surface area (Å²) in [6.45, 7) is 1.90. The number of hydrogen-bond donors (Lipinski definition) is 0. The van der Waals surface area contributed by atoms with Gasteiger partial charge >= 0.3 is 6.18 Å². The summed E-state index contributed by atoms with van der Waals surface area (Å²) in [6.07, 6.45) is -3.16. The summed E-state index contributed by atoms with van der Waals surface area (Å²) in [4.78, 5) is 13.3. The molecule has 0 radical (unpaired) electrons. The van der Waals surface area contributed by atoms with Gasteiger partial charge in [-0.15, -0.1) is 5.10 Å². The van der Waals surface area contributed by atoms with Crippen LogP contribution in [0.15, 0.2) is 83.1 Å². The van der Waals surface area contributed by atoms with Crippen molar-refractivity contribution in [1.29, 1.82) is 0 Å². The number of carbonyl (C=O) groups excluding carboxylic acids is 1. The predicted octanol–water partition coefficient (Wildman–Crippen LogP) is 5.16. The molecule has 0 bridgehead atoms. The Bertz CT molecular complexity index is 1410. The molecule has 4 aromatic rings. The van der Waals surface area contributed by atoms with E-state index >= 15 is 0 Å². The molecule has 37 heavy (non-hydrogen) atoms. The highest BCUT2D eigenvalue weighted by Crippen LogP contribution is 2.32. The number of anilines is 1. The van der Waals surface area contributed by atoms with Gasteiger partial charge in [0.1, 0.15) is 11.4 Å². The lowest BCUT2D eigenvalue weighted by atomic mass is 10.2. The minimum absolute atomic E-state index is 0.0208. The molecule has 3 aromatic carbocycles. The van der Waals surface area contributed by atoms with Gasteiger partial charge in [0.25, 0.3) is 5.91 Å². The van der Waals surface area contributed by atoms with Crippen LogP contribution in [-0.4, -0.2) is 45.2 Å². The number of ether oxygens (including phenoxy) is 1. The molecule has 190 valence electrons. The van der Waals surface area contributed by atoms with E-state index in [1.54, 1.807) is 30.3 Å². The first-order valence-corrected chi connectivity index (χ1v) is 11.9. The van der Waals surface area contributed by atoms with Gasteiger partial charge in [-0.3, -0.25) is 4.79 Å². The number of halogens is 3. The average Bonchev–Trinajstić information content (AvgIpc) is 3.36. The summed E-state index contributed by atoms with van der Waals surface area (Å²) in [7, 11) is 1.52. The van der Waals surface area contributed by atoms with Crippen molar-refractivity contribution in [3.8, 4) is 11.4 Å². The van der Waals surface area contributed by atoms with Gasteiger partial charge in [0, 0.05) is 0 Å². The number of aryl methyl sites for hydroxylation is 1. The van der Waals surface area contributed by atoms with Crippen LogP contribution in [0.5, 0.6) is 5.75 Å². The molecule has 1 amide bonds. The van der Waals surface area contributed by atoms with Crippen molar-refractivity contribution in [2.45, 2.75) is 18.3 Å². The number of hydrazone groups is 1. The standard InChI is InChI=1S/C25H21F3N6O2S/c1-17-11-12-22(36-2)21(13-17)34-24(30-31-32-34)37-16-23(35)33(29-15-18-7-4-3-5-8-18)20-10-6-9-19(14-20)25(26,27)28/h3-15H,16H2,1-2H3. The third kappa shape index (κ3) is 6.33. The van der Waals surface area contributed by atoms with Crippen molar-refractivity contribution >= 4 is 29.6 Å². The molecule has 0 N–H and O–H groups in total. The van der Waals surface area contributed by atoms with Gasteiger partial charge in [0.15, 0.2) is 0 Å². The number of nitrogens with zero attached hydrogens (tertiary/aromatic N) is 6. The van der Waals surface area contributed by atoms with Crippen LogP contribution in [0.25, 0.3) is 5.69 Å². The third-order valence-electron chi connectivity index (χ3n) is 5.10. The molecule has 0 fully saturated rings. The van der Waals surface area contributed by atoms with Gasteiger partial charge in [-0.25, -0.2) is 5.01 Å². The summed E-state index contributed by atoms with van der Waals surface area (Å²) >= 11 is 1.02. The van der Waals surface area contributed by atoms with Gasteiger partial charge < -0.3 is 4.74 Å². The smallest absolute Gasteiger partial charge is 0.416 e. The number of amides is 1. The Balaban J connectivity index is 1.61. The normalized spacial score (nSPS) is 11.6. The van der Waals surface area contributed by atoms with Crippen LogP contribution in [0.3, 0.4) is 0 Å². The molecule has 4 rings (SSSR count). The number of thioether (sulfide) groups is 1. The Morgan fingerprint density at radius 2 is 1.89 bits per heavy atom. The largest absolute Gasteiger partial charge is 0.494 e. The van der Waals surface area contributed by atoms with E-state index in [9.17, 15) is 18.0 Å². The van der Waals surface area contributed by atoms with Gasteiger partial charge in [-0.1, -0.05) is 54.2 Å². The maximum atomic E-state index is 13.3. The molecular formula is C25H21F3N6O2S. The van der Waals surface area contributed by atoms with Crippen molar-refractivity contribution in [2.24, 2.45) is 5.10 Å². The number of benzene rings is 3. The number of alkyl halides is 3. The first-order chi connectivity index (χ1) is 17.8. The van der Waals surface area contributed by atoms with Crippen LogP contribution in [-0.2, 0) is 11.0 Å². The Morgan fingerprint density at radius 3 is 2.62 bits per heavy atom. The maximum absolute atomic E-state index is 13.3. The fourth-order valence-electron chi connectivity index (χ4n) is 3.33. The Labute approximate surface area is 214 Å². The second-order valence-corrected chi connectivity index (χ2v) is 8.69. The summed E-state index contributed by atoms with van der Waals surface area (Å²) in [6, 6.07) is 18.8. The highest BCUT2D eigenvalue weighted by molar-refractivity contribution is 7.99. The molecule has 0 saturated carbocycles. The lowest BCUT2D eigenvalue weighted by Crippen LogP contribution is -2.28. The van der Waals surface area contributed by atoms with Crippen molar-refractivity contribution in [1.82, 2.24) is 20.2 Å². The van der Waals surface area contributed by atoms with Gasteiger partial charge in [0.2, 0.25) is 5.16 Å². The zero-order chi connectivity index (χ0) is 26.4. The molecule has 8 nitrogen and oxygen atoms in total. The van der Waals surface area contributed by atoms with Crippen molar-refractivity contribution in [3.05, 3.63) is 89.5 Å². The van der Waals surface area contributed by atoms with E-state index in [-0.39, 0.29) is 11.4 Å². The minimum atomic E-state index is -4.57. The van der Waals surface area contributed by atoms with E-state index in [2.05, 4.69) is 20.6 Å². The molecule has 1 aromatic heterocycles. The van der Waals surface area contributed by atoms with Crippen LogP contribution in [0.4, 0.5) is 18.9 Å². The Morgan fingerprint density at radius 1 is 1.11 bits per heavy atom. The lowest BCUT2D eigenvalue weighted by molar-refractivity contribution is -0.137. The van der Waals surface area contributed by atoms with Gasteiger partial charge in [0.05, 0.1) is 30.3 Å². The van der Waals surface area contributed by atoms with Crippen LogP contribution in [0, 0.1) is 6.92 Å². The van der Waals surface area contributed by atoms with E-state index in [0.29, 0.717) is 22.2 Å². The van der Waals surface area contributed by atoms with E-state index in [1.807, 2.05) is 25.1 Å². The highest BCUT2D eigenvalue weighted by atomic mass is 32.2. The van der Waals surface area contributed by atoms with E-state index in [4.69, 9.17) is 4.74 Å². The summed E-state index contributed by atoms with van der Waals surface area (Å²) in [5.41, 5.74) is 1.30. The first-order valence-electron chi connectivity index (χ1n) is 10.9. The molecule has 0 unspecified atom stereocenters. The number of hydrogen-bond acceptors (Lipinski definition) is 7.